The van der Waals surface area contributed by atoms with Crippen LogP contribution in [0.15, 0.2) is 0 Å². The van der Waals surface area contributed by atoms with Gasteiger partial charge in [-0.15, -0.1) is 0 Å². The Bertz CT molecular complexity index is 291. The molecule has 2 atom stereocenters. The number of hydrogen-bond acceptors (Lipinski definition) is 3. The third-order valence-electron chi connectivity index (χ3n) is 5.06. The Morgan fingerprint density at radius 3 is 2.55 bits per heavy atom. The van der Waals surface area contributed by atoms with E-state index in [4.69, 9.17) is 0 Å². The monoisotopic (exact) mass is 284 g/mol. The number of hydrogen-bond donors (Lipinski definition) is 2. The van der Waals surface area contributed by atoms with Crippen molar-refractivity contribution in [3.05, 3.63) is 0 Å². The van der Waals surface area contributed by atoms with Crippen LogP contribution >= 0.6 is 0 Å². The van der Waals surface area contributed by atoms with E-state index in [-0.39, 0.29) is 12.1 Å². The van der Waals surface area contributed by atoms with E-state index in [1.807, 2.05) is 0 Å². The maximum absolute atomic E-state index is 9.59. The fourth-order valence-corrected chi connectivity index (χ4v) is 3.39. The predicted octanol–water partition coefficient (Wildman–Crippen LogP) is 2.88. The molecule has 2 N–H and O–H groups in total. The Labute approximate surface area is 126 Å². The fraction of sp³-hybridized carbons (Fsp3) is 1.00. The van der Waals surface area contributed by atoms with E-state index in [0.29, 0.717) is 11.5 Å². The Hall–Kier alpha value is -0.120. The zero-order valence-corrected chi connectivity index (χ0v) is 14.5. The highest BCUT2D eigenvalue weighted by Crippen LogP contribution is 2.40. The van der Waals surface area contributed by atoms with Crippen molar-refractivity contribution < 1.29 is 5.11 Å². The van der Waals surface area contributed by atoms with Gasteiger partial charge in [0.25, 0.3) is 0 Å². The molecule has 0 saturated heterocycles. The Morgan fingerprint density at radius 1 is 1.40 bits per heavy atom. The van der Waals surface area contributed by atoms with Crippen molar-refractivity contribution in [2.24, 2.45) is 11.3 Å². The van der Waals surface area contributed by atoms with Gasteiger partial charge in [0, 0.05) is 24.7 Å². The molecular formula is C17H36N2O. The summed E-state index contributed by atoms with van der Waals surface area (Å²) < 4.78 is 0. The molecule has 0 aliphatic heterocycles. The molecule has 0 heterocycles. The molecule has 0 amide bonds. The van der Waals surface area contributed by atoms with Gasteiger partial charge in [-0.2, -0.15) is 0 Å². The molecule has 3 heteroatoms. The minimum absolute atomic E-state index is 0.133. The van der Waals surface area contributed by atoms with E-state index < -0.39 is 0 Å². The quantitative estimate of drug-likeness (QED) is 0.754. The van der Waals surface area contributed by atoms with Crippen LogP contribution < -0.4 is 5.32 Å². The summed E-state index contributed by atoms with van der Waals surface area (Å²) in [6, 6.07) is 0.542. The van der Waals surface area contributed by atoms with Gasteiger partial charge >= 0.3 is 0 Å². The van der Waals surface area contributed by atoms with Gasteiger partial charge in [-0.1, -0.05) is 33.6 Å². The highest BCUT2D eigenvalue weighted by Gasteiger charge is 2.38. The summed E-state index contributed by atoms with van der Waals surface area (Å²) in [6.45, 7) is 13.5. The normalized spacial score (nSPS) is 28.4. The van der Waals surface area contributed by atoms with Crippen molar-refractivity contribution >= 4 is 0 Å². The molecule has 20 heavy (non-hydrogen) atoms. The molecule has 0 bridgehead atoms. The standard InChI is InChI=1S/C17H36N2O/c1-14(2)18-11-17(9-7-8-15(3)10-17)12-19(6)16(4,5)13-20/h14-15,18,20H,7-13H2,1-6H3. The lowest BCUT2D eigenvalue weighted by atomic mass is 9.69. The largest absolute Gasteiger partial charge is 0.394 e. The molecule has 2 unspecified atom stereocenters. The summed E-state index contributed by atoms with van der Waals surface area (Å²) in [5.41, 5.74) is 0.231. The minimum Gasteiger partial charge on any atom is -0.394 e. The topological polar surface area (TPSA) is 35.5 Å². The van der Waals surface area contributed by atoms with E-state index >= 15 is 0 Å². The van der Waals surface area contributed by atoms with E-state index in [0.717, 1.165) is 19.0 Å². The molecule has 0 aromatic rings. The summed E-state index contributed by atoms with van der Waals surface area (Å²) in [4.78, 5) is 2.35. The average Bonchev–Trinajstić information content (AvgIpc) is 2.36. The smallest absolute Gasteiger partial charge is 0.0609 e. The molecule has 1 fully saturated rings. The molecule has 0 aromatic carbocycles. The third-order valence-corrected chi connectivity index (χ3v) is 5.06. The van der Waals surface area contributed by atoms with E-state index in [2.05, 4.69) is 51.9 Å². The van der Waals surface area contributed by atoms with Crippen LogP contribution in [0.1, 0.15) is 60.3 Å². The molecule has 0 spiro atoms. The van der Waals surface area contributed by atoms with Crippen LogP contribution in [0.4, 0.5) is 0 Å². The van der Waals surface area contributed by atoms with Crippen LogP contribution in [0.2, 0.25) is 0 Å². The number of nitrogens with one attached hydrogen (secondary N) is 1. The number of aliphatic hydroxyl groups excluding tert-OH is 1. The van der Waals surface area contributed by atoms with E-state index in [1.54, 1.807) is 0 Å². The molecular weight excluding hydrogens is 248 g/mol. The summed E-state index contributed by atoms with van der Waals surface area (Å²) in [7, 11) is 2.16. The number of likely N-dealkylation sites (N-methyl/N-ethyl adjacent to an activating group) is 1. The highest BCUT2D eigenvalue weighted by atomic mass is 16.3. The first-order valence-corrected chi connectivity index (χ1v) is 8.26. The second-order valence-corrected chi connectivity index (χ2v) is 8.06. The second-order valence-electron chi connectivity index (χ2n) is 8.06. The molecule has 0 radical (unpaired) electrons. The minimum atomic E-state index is -0.133. The molecule has 1 saturated carbocycles. The second kappa shape index (κ2) is 7.24. The van der Waals surface area contributed by atoms with Crippen molar-refractivity contribution in [1.29, 1.82) is 0 Å². The van der Waals surface area contributed by atoms with Crippen LogP contribution in [0, 0.1) is 11.3 Å². The van der Waals surface area contributed by atoms with E-state index in [1.165, 1.54) is 25.7 Å². The van der Waals surface area contributed by atoms with Gasteiger partial charge in [0.1, 0.15) is 0 Å². The first-order chi connectivity index (χ1) is 9.21. The summed E-state index contributed by atoms with van der Waals surface area (Å²) >= 11 is 0. The van der Waals surface area contributed by atoms with Gasteiger partial charge in [-0.3, -0.25) is 4.90 Å². The van der Waals surface area contributed by atoms with Crippen molar-refractivity contribution in [2.45, 2.75) is 71.9 Å². The van der Waals surface area contributed by atoms with Crippen LogP contribution in [0.5, 0.6) is 0 Å². The third kappa shape index (κ3) is 5.01. The van der Waals surface area contributed by atoms with Gasteiger partial charge < -0.3 is 10.4 Å². The number of aliphatic hydroxyl groups is 1. The summed E-state index contributed by atoms with van der Waals surface area (Å²) in [6.07, 6.45) is 5.33. The first-order valence-electron chi connectivity index (χ1n) is 8.26. The maximum atomic E-state index is 9.59. The predicted molar refractivity (Wildman–Crippen MR) is 87.0 cm³/mol. The lowest BCUT2D eigenvalue weighted by Gasteiger charge is -2.46. The lowest BCUT2D eigenvalue weighted by molar-refractivity contribution is 0.0166. The van der Waals surface area contributed by atoms with Crippen LogP contribution in [0.25, 0.3) is 0 Å². The Morgan fingerprint density at radius 2 is 2.05 bits per heavy atom. The van der Waals surface area contributed by atoms with Crippen molar-refractivity contribution in [3.8, 4) is 0 Å². The van der Waals surface area contributed by atoms with Crippen molar-refractivity contribution in [2.75, 3.05) is 26.7 Å². The maximum Gasteiger partial charge on any atom is 0.0609 e. The molecule has 3 nitrogen and oxygen atoms in total. The average molecular weight is 284 g/mol. The molecule has 1 rings (SSSR count). The van der Waals surface area contributed by atoms with Gasteiger partial charge in [-0.05, 0) is 45.1 Å². The zero-order valence-electron chi connectivity index (χ0n) is 14.5. The van der Waals surface area contributed by atoms with Crippen molar-refractivity contribution in [3.63, 3.8) is 0 Å². The van der Waals surface area contributed by atoms with E-state index in [9.17, 15) is 5.11 Å². The Kier molecular flexibility index (Phi) is 6.49. The lowest BCUT2D eigenvalue weighted by Crippen LogP contribution is -2.53. The van der Waals surface area contributed by atoms with Crippen molar-refractivity contribution in [1.82, 2.24) is 10.2 Å². The first kappa shape index (κ1) is 17.9. The number of nitrogens with zero attached hydrogens (tertiary/aromatic N) is 1. The molecule has 120 valence electrons. The molecule has 0 aromatic heterocycles. The SMILES string of the molecule is CC1CCCC(CNC(C)C)(CN(C)C(C)(C)CO)C1. The fourth-order valence-electron chi connectivity index (χ4n) is 3.39. The van der Waals surface area contributed by atoms with Gasteiger partial charge in [0.15, 0.2) is 0 Å². The number of rotatable bonds is 7. The molecule has 1 aliphatic rings. The highest BCUT2D eigenvalue weighted by molar-refractivity contribution is 4.92. The van der Waals surface area contributed by atoms with Gasteiger partial charge in [-0.25, -0.2) is 0 Å². The Balaban J connectivity index is 2.76. The van der Waals surface area contributed by atoms with Crippen LogP contribution in [0.3, 0.4) is 0 Å². The van der Waals surface area contributed by atoms with Gasteiger partial charge in [0.05, 0.1) is 6.61 Å². The molecule has 1 aliphatic carbocycles. The summed E-state index contributed by atoms with van der Waals surface area (Å²) in [5.74, 6) is 0.823. The van der Waals surface area contributed by atoms with Crippen LogP contribution in [-0.4, -0.2) is 48.3 Å². The van der Waals surface area contributed by atoms with Gasteiger partial charge in [0.2, 0.25) is 0 Å². The van der Waals surface area contributed by atoms with Crippen LogP contribution in [-0.2, 0) is 0 Å². The summed E-state index contributed by atoms with van der Waals surface area (Å²) in [5, 5.41) is 13.3. The zero-order chi connectivity index (χ0) is 15.4.